The zero-order valence-electron chi connectivity index (χ0n) is 21.1. The second kappa shape index (κ2) is 10.4. The second-order valence-corrected chi connectivity index (χ2v) is 10.1. The summed E-state index contributed by atoms with van der Waals surface area (Å²) in [5, 5.41) is 0. The van der Waals surface area contributed by atoms with Crippen LogP contribution in [0.15, 0.2) is 36.4 Å². The number of piperidine rings is 1. The Morgan fingerprint density at radius 3 is 2.41 bits per heavy atom. The Bertz CT molecular complexity index is 1130. The first-order valence-electron chi connectivity index (χ1n) is 13.2. The Balaban J connectivity index is 1.18. The highest BCUT2D eigenvalue weighted by Gasteiger charge is 2.25. The minimum absolute atomic E-state index is 0.811. The van der Waals surface area contributed by atoms with Crippen LogP contribution in [0.3, 0.4) is 0 Å². The topological polar surface area (TPSA) is 37.2 Å². The van der Waals surface area contributed by atoms with E-state index in [0.717, 1.165) is 48.2 Å². The van der Waals surface area contributed by atoms with E-state index in [9.17, 15) is 0 Å². The monoisotopic (exact) mass is 457 g/mol. The molecule has 5 heteroatoms. The Morgan fingerprint density at radius 2 is 1.71 bits per heavy atom. The van der Waals surface area contributed by atoms with Gasteiger partial charge in [0.15, 0.2) is 5.65 Å². The number of aromatic nitrogens is 3. The molecule has 2 aliphatic rings. The van der Waals surface area contributed by atoms with Crippen LogP contribution >= 0.6 is 0 Å². The van der Waals surface area contributed by atoms with E-state index in [2.05, 4.69) is 77.6 Å². The Hall–Kier alpha value is -2.50. The number of likely N-dealkylation sites (tertiary alicyclic amines) is 2. The van der Waals surface area contributed by atoms with Crippen LogP contribution in [0.25, 0.3) is 17.2 Å². The highest BCUT2D eigenvalue weighted by atomic mass is 15.2. The standard InChI is InChI=1S/C29H39N5/c1-4-27-31-28-22(2)20-23(3)30-29(28)34(27)21-25-11-9-24(10-12-25)8-7-15-32-18-13-26(14-19-32)33-16-5-6-17-33/h7-12,20,26H,4-6,13-19,21H2,1-3H3/b8-7+. The highest BCUT2D eigenvalue weighted by Crippen LogP contribution is 2.22. The zero-order valence-corrected chi connectivity index (χ0v) is 21.1. The molecule has 2 fully saturated rings. The third kappa shape index (κ3) is 5.11. The molecule has 2 saturated heterocycles. The Kier molecular flexibility index (Phi) is 7.12. The van der Waals surface area contributed by atoms with Gasteiger partial charge < -0.3 is 9.47 Å². The van der Waals surface area contributed by atoms with Crippen molar-refractivity contribution in [3.05, 3.63) is 64.6 Å². The Labute approximate surface area is 204 Å². The SMILES string of the molecule is CCc1nc2c(C)cc(C)nc2n1Cc1ccc(/C=C/CN2CCC(N3CCCC3)CC2)cc1. The van der Waals surface area contributed by atoms with Crippen molar-refractivity contribution in [2.45, 2.75) is 65.5 Å². The molecular formula is C29H39N5. The summed E-state index contributed by atoms with van der Waals surface area (Å²) < 4.78 is 2.28. The largest absolute Gasteiger partial charge is 0.308 e. The van der Waals surface area contributed by atoms with Crippen molar-refractivity contribution in [1.82, 2.24) is 24.3 Å². The normalized spacial score (nSPS) is 18.6. The van der Waals surface area contributed by atoms with Gasteiger partial charge in [-0.3, -0.25) is 4.90 Å². The molecule has 0 N–H and O–H groups in total. The molecule has 0 aliphatic carbocycles. The van der Waals surface area contributed by atoms with Crippen LogP contribution in [0, 0.1) is 13.8 Å². The molecule has 5 nitrogen and oxygen atoms in total. The van der Waals surface area contributed by atoms with Gasteiger partial charge in [-0.1, -0.05) is 43.3 Å². The van der Waals surface area contributed by atoms with Crippen LogP contribution in [0.1, 0.15) is 60.8 Å². The fraction of sp³-hybridized carbons (Fsp3) is 0.517. The van der Waals surface area contributed by atoms with Gasteiger partial charge >= 0.3 is 0 Å². The molecule has 0 unspecified atom stereocenters. The first-order valence-corrected chi connectivity index (χ1v) is 13.2. The lowest BCUT2D eigenvalue weighted by atomic mass is 10.0. The van der Waals surface area contributed by atoms with Gasteiger partial charge in [-0.25, -0.2) is 9.97 Å². The van der Waals surface area contributed by atoms with Crippen molar-refractivity contribution >= 4 is 17.2 Å². The minimum atomic E-state index is 0.811. The van der Waals surface area contributed by atoms with Crippen molar-refractivity contribution < 1.29 is 0 Å². The number of rotatable bonds is 7. The molecule has 34 heavy (non-hydrogen) atoms. The fourth-order valence-corrected chi connectivity index (χ4v) is 5.71. The number of hydrogen-bond donors (Lipinski definition) is 0. The van der Waals surface area contributed by atoms with Gasteiger partial charge in [0, 0.05) is 24.7 Å². The van der Waals surface area contributed by atoms with Crippen LogP contribution < -0.4 is 0 Å². The molecule has 2 aromatic heterocycles. The summed E-state index contributed by atoms with van der Waals surface area (Å²) in [7, 11) is 0. The van der Waals surface area contributed by atoms with Crippen molar-refractivity contribution in [3.63, 3.8) is 0 Å². The maximum atomic E-state index is 4.88. The van der Waals surface area contributed by atoms with Crippen LogP contribution in [-0.4, -0.2) is 63.1 Å². The number of fused-ring (bicyclic) bond motifs is 1. The molecule has 3 aromatic rings. The number of pyridine rings is 1. The summed E-state index contributed by atoms with van der Waals surface area (Å²) in [5.41, 5.74) is 6.85. The number of aryl methyl sites for hydroxylation is 3. The minimum Gasteiger partial charge on any atom is -0.308 e. The molecule has 1 aromatic carbocycles. The lowest BCUT2D eigenvalue weighted by molar-refractivity contribution is 0.135. The molecule has 0 bridgehead atoms. The van der Waals surface area contributed by atoms with E-state index >= 15 is 0 Å². The van der Waals surface area contributed by atoms with Crippen molar-refractivity contribution in [3.8, 4) is 0 Å². The summed E-state index contributed by atoms with van der Waals surface area (Å²) in [6, 6.07) is 11.9. The van der Waals surface area contributed by atoms with Crippen molar-refractivity contribution in [2.75, 3.05) is 32.7 Å². The van der Waals surface area contributed by atoms with Crippen LogP contribution in [-0.2, 0) is 13.0 Å². The predicted molar refractivity (Wildman–Crippen MR) is 141 cm³/mol. The molecule has 4 heterocycles. The van der Waals surface area contributed by atoms with E-state index in [-0.39, 0.29) is 0 Å². The van der Waals surface area contributed by atoms with Gasteiger partial charge in [-0.2, -0.15) is 0 Å². The summed E-state index contributed by atoms with van der Waals surface area (Å²) in [5.74, 6) is 1.11. The predicted octanol–water partition coefficient (Wildman–Crippen LogP) is 5.23. The van der Waals surface area contributed by atoms with E-state index in [1.54, 1.807) is 0 Å². The molecule has 5 rings (SSSR count). The summed E-state index contributed by atoms with van der Waals surface area (Å²) >= 11 is 0. The lowest BCUT2D eigenvalue weighted by Gasteiger charge is -2.36. The third-order valence-corrected chi connectivity index (χ3v) is 7.63. The molecule has 0 radical (unpaired) electrons. The van der Waals surface area contributed by atoms with Gasteiger partial charge in [-0.15, -0.1) is 0 Å². The maximum Gasteiger partial charge on any atom is 0.160 e. The first kappa shape index (κ1) is 23.3. The zero-order chi connectivity index (χ0) is 23.5. The number of imidazole rings is 1. The van der Waals surface area contributed by atoms with E-state index in [1.165, 1.54) is 68.6 Å². The van der Waals surface area contributed by atoms with Gasteiger partial charge in [0.05, 0.1) is 6.54 Å². The quantitative estimate of drug-likeness (QED) is 0.487. The van der Waals surface area contributed by atoms with Crippen LogP contribution in [0.2, 0.25) is 0 Å². The van der Waals surface area contributed by atoms with Gasteiger partial charge in [0.2, 0.25) is 0 Å². The average molecular weight is 458 g/mol. The summed E-state index contributed by atoms with van der Waals surface area (Å²) in [6.07, 6.45) is 11.0. The van der Waals surface area contributed by atoms with Crippen molar-refractivity contribution in [1.29, 1.82) is 0 Å². The van der Waals surface area contributed by atoms with Crippen molar-refractivity contribution in [2.24, 2.45) is 0 Å². The number of hydrogen-bond acceptors (Lipinski definition) is 4. The van der Waals surface area contributed by atoms with E-state index < -0.39 is 0 Å². The second-order valence-electron chi connectivity index (χ2n) is 10.1. The van der Waals surface area contributed by atoms with Crippen LogP contribution in [0.4, 0.5) is 0 Å². The van der Waals surface area contributed by atoms with Gasteiger partial charge in [0.25, 0.3) is 0 Å². The first-order chi connectivity index (χ1) is 16.6. The van der Waals surface area contributed by atoms with E-state index in [1.807, 2.05) is 0 Å². The van der Waals surface area contributed by atoms with Gasteiger partial charge in [-0.05, 0) is 88.5 Å². The number of benzene rings is 1. The fourth-order valence-electron chi connectivity index (χ4n) is 5.71. The molecule has 0 amide bonds. The molecule has 0 spiro atoms. The summed E-state index contributed by atoms with van der Waals surface area (Å²) in [4.78, 5) is 15.0. The molecule has 0 saturated carbocycles. The maximum absolute atomic E-state index is 4.88. The Morgan fingerprint density at radius 1 is 0.971 bits per heavy atom. The highest BCUT2D eigenvalue weighted by molar-refractivity contribution is 5.76. The number of nitrogens with zero attached hydrogens (tertiary/aromatic N) is 5. The van der Waals surface area contributed by atoms with E-state index in [0.29, 0.717) is 0 Å². The third-order valence-electron chi connectivity index (χ3n) is 7.63. The van der Waals surface area contributed by atoms with E-state index in [4.69, 9.17) is 9.97 Å². The summed E-state index contributed by atoms with van der Waals surface area (Å²) in [6.45, 7) is 13.3. The lowest BCUT2D eigenvalue weighted by Crippen LogP contribution is -2.43. The molecule has 180 valence electrons. The molecule has 2 aliphatic heterocycles. The van der Waals surface area contributed by atoms with Gasteiger partial charge in [0.1, 0.15) is 11.3 Å². The average Bonchev–Trinajstić information content (AvgIpc) is 3.50. The molecular weight excluding hydrogens is 418 g/mol. The smallest absolute Gasteiger partial charge is 0.160 e. The molecule has 0 atom stereocenters. The van der Waals surface area contributed by atoms with Crippen LogP contribution in [0.5, 0.6) is 0 Å².